The zero-order chi connectivity index (χ0) is 20.1. The van der Waals surface area contributed by atoms with Crippen molar-refractivity contribution in [3.8, 4) is 11.5 Å². The number of unbranched alkanes of at least 4 members (excludes halogenated alkanes) is 1. The molecular weight excluding hydrogens is 358 g/mol. The molecule has 1 fully saturated rings. The van der Waals surface area contributed by atoms with Gasteiger partial charge in [-0.3, -0.25) is 4.79 Å². The first-order chi connectivity index (χ1) is 13.5. The van der Waals surface area contributed by atoms with Gasteiger partial charge in [0.25, 0.3) is 0 Å². The van der Waals surface area contributed by atoms with Gasteiger partial charge in [0.15, 0.2) is 0 Å². The average Bonchev–Trinajstić information content (AvgIpc) is 3.09. The SMILES string of the molecule is CCCCOc1ccc(N2CC(c3ccc(C(=O)O)c(OC)c3)CC2=O)cc1. The van der Waals surface area contributed by atoms with Crippen LogP contribution in [0.15, 0.2) is 42.5 Å². The highest BCUT2D eigenvalue weighted by atomic mass is 16.5. The maximum absolute atomic E-state index is 12.6. The third-order valence-corrected chi connectivity index (χ3v) is 4.97. The molecule has 1 unspecified atom stereocenters. The van der Waals surface area contributed by atoms with Crippen LogP contribution in [0, 0.1) is 0 Å². The Morgan fingerprint density at radius 1 is 1.21 bits per heavy atom. The van der Waals surface area contributed by atoms with Crippen molar-refractivity contribution in [1.82, 2.24) is 0 Å². The highest BCUT2D eigenvalue weighted by Crippen LogP contribution is 2.34. The number of rotatable bonds is 8. The highest BCUT2D eigenvalue weighted by molar-refractivity contribution is 5.96. The van der Waals surface area contributed by atoms with Crippen LogP contribution >= 0.6 is 0 Å². The molecule has 1 amide bonds. The maximum Gasteiger partial charge on any atom is 0.339 e. The summed E-state index contributed by atoms with van der Waals surface area (Å²) in [7, 11) is 1.45. The molecular formula is C22H25NO5. The van der Waals surface area contributed by atoms with E-state index in [4.69, 9.17) is 9.47 Å². The molecule has 0 radical (unpaired) electrons. The van der Waals surface area contributed by atoms with E-state index in [1.807, 2.05) is 24.3 Å². The predicted molar refractivity (Wildman–Crippen MR) is 107 cm³/mol. The van der Waals surface area contributed by atoms with Crippen LogP contribution in [-0.2, 0) is 4.79 Å². The molecule has 148 valence electrons. The topological polar surface area (TPSA) is 76.1 Å². The molecule has 1 atom stereocenters. The number of carboxylic acid groups (broad SMARTS) is 1. The maximum atomic E-state index is 12.6. The van der Waals surface area contributed by atoms with Crippen LogP contribution in [0.3, 0.4) is 0 Å². The monoisotopic (exact) mass is 383 g/mol. The van der Waals surface area contributed by atoms with E-state index in [2.05, 4.69) is 6.92 Å². The summed E-state index contributed by atoms with van der Waals surface area (Å²) in [6, 6.07) is 12.6. The van der Waals surface area contributed by atoms with Gasteiger partial charge in [0, 0.05) is 24.6 Å². The van der Waals surface area contributed by atoms with E-state index >= 15 is 0 Å². The number of amides is 1. The summed E-state index contributed by atoms with van der Waals surface area (Å²) in [5.41, 5.74) is 1.85. The Kier molecular flexibility index (Phi) is 6.19. The number of methoxy groups -OCH3 is 1. The first kappa shape index (κ1) is 19.7. The first-order valence-corrected chi connectivity index (χ1v) is 9.48. The van der Waals surface area contributed by atoms with Crippen LogP contribution in [0.25, 0.3) is 0 Å². The Balaban J connectivity index is 1.72. The Morgan fingerprint density at radius 3 is 2.61 bits per heavy atom. The number of aromatic carboxylic acids is 1. The van der Waals surface area contributed by atoms with Crippen molar-refractivity contribution in [2.75, 3.05) is 25.2 Å². The van der Waals surface area contributed by atoms with Crippen molar-refractivity contribution in [2.24, 2.45) is 0 Å². The standard InChI is InChI=1S/C22H25NO5/c1-3-4-11-28-18-8-6-17(7-9-18)23-14-16(13-21(23)24)15-5-10-19(22(25)26)20(12-15)27-2/h5-10,12,16H,3-4,11,13-14H2,1-2H3,(H,25,26). The van der Waals surface area contributed by atoms with Crippen LogP contribution in [-0.4, -0.2) is 37.2 Å². The molecule has 6 heteroatoms. The minimum atomic E-state index is -1.03. The molecule has 1 saturated heterocycles. The van der Waals surface area contributed by atoms with Crippen LogP contribution in [0.1, 0.15) is 48.0 Å². The number of benzene rings is 2. The molecule has 0 saturated carbocycles. The lowest BCUT2D eigenvalue weighted by atomic mass is 9.96. The minimum absolute atomic E-state index is 0.00951. The van der Waals surface area contributed by atoms with Gasteiger partial charge in [0.2, 0.25) is 5.91 Å². The van der Waals surface area contributed by atoms with Crippen molar-refractivity contribution in [3.63, 3.8) is 0 Å². The Labute approximate surface area is 164 Å². The fourth-order valence-electron chi connectivity index (χ4n) is 3.38. The quantitative estimate of drug-likeness (QED) is 0.695. The summed E-state index contributed by atoms with van der Waals surface area (Å²) < 4.78 is 10.9. The van der Waals surface area contributed by atoms with Crippen LogP contribution in [0.2, 0.25) is 0 Å². The average molecular weight is 383 g/mol. The van der Waals surface area contributed by atoms with Gasteiger partial charge in [0.1, 0.15) is 17.1 Å². The summed E-state index contributed by atoms with van der Waals surface area (Å²) in [4.78, 5) is 25.6. The number of carbonyl (C=O) groups excluding carboxylic acids is 1. The Hall–Kier alpha value is -3.02. The van der Waals surface area contributed by atoms with Gasteiger partial charge in [0.05, 0.1) is 13.7 Å². The van der Waals surface area contributed by atoms with Gasteiger partial charge in [-0.2, -0.15) is 0 Å². The Morgan fingerprint density at radius 2 is 1.96 bits per heavy atom. The van der Waals surface area contributed by atoms with Gasteiger partial charge in [-0.25, -0.2) is 4.79 Å². The van der Waals surface area contributed by atoms with Crippen LogP contribution in [0.5, 0.6) is 11.5 Å². The zero-order valence-corrected chi connectivity index (χ0v) is 16.2. The first-order valence-electron chi connectivity index (χ1n) is 9.48. The van der Waals surface area contributed by atoms with Gasteiger partial charge in [-0.1, -0.05) is 19.4 Å². The molecule has 1 aliphatic rings. The van der Waals surface area contributed by atoms with Gasteiger partial charge in [-0.05, 0) is 48.4 Å². The van der Waals surface area contributed by atoms with E-state index in [1.54, 1.807) is 17.0 Å². The molecule has 1 N–H and O–H groups in total. The molecule has 2 aromatic rings. The molecule has 0 aliphatic carbocycles. The summed E-state index contributed by atoms with van der Waals surface area (Å²) >= 11 is 0. The van der Waals surface area contributed by atoms with Crippen LogP contribution in [0.4, 0.5) is 5.69 Å². The summed E-state index contributed by atoms with van der Waals surface area (Å²) in [5.74, 6) is 0.114. The number of ether oxygens (including phenoxy) is 2. The van der Waals surface area contributed by atoms with Gasteiger partial charge < -0.3 is 19.5 Å². The largest absolute Gasteiger partial charge is 0.496 e. The lowest BCUT2D eigenvalue weighted by Crippen LogP contribution is -2.24. The molecule has 0 aromatic heterocycles. The number of carbonyl (C=O) groups is 2. The van der Waals surface area contributed by atoms with Crippen molar-refractivity contribution >= 4 is 17.6 Å². The van der Waals surface area contributed by atoms with E-state index in [-0.39, 0.29) is 17.4 Å². The molecule has 28 heavy (non-hydrogen) atoms. The highest BCUT2D eigenvalue weighted by Gasteiger charge is 2.32. The summed E-state index contributed by atoms with van der Waals surface area (Å²) in [5, 5.41) is 9.22. The predicted octanol–water partition coefficient (Wildman–Crippen LogP) is 4.09. The normalized spacial score (nSPS) is 16.3. The Bertz CT molecular complexity index is 847. The zero-order valence-electron chi connectivity index (χ0n) is 16.2. The van der Waals surface area contributed by atoms with E-state index in [0.29, 0.717) is 25.3 Å². The fourth-order valence-corrected chi connectivity index (χ4v) is 3.38. The fraction of sp³-hybridized carbons (Fsp3) is 0.364. The van der Waals surface area contributed by atoms with Crippen molar-refractivity contribution in [3.05, 3.63) is 53.6 Å². The molecule has 6 nitrogen and oxygen atoms in total. The number of hydrogen-bond acceptors (Lipinski definition) is 4. The molecule has 0 spiro atoms. The third-order valence-electron chi connectivity index (χ3n) is 4.97. The lowest BCUT2D eigenvalue weighted by Gasteiger charge is -2.18. The molecule has 1 aliphatic heterocycles. The van der Waals surface area contributed by atoms with E-state index in [1.165, 1.54) is 13.2 Å². The second kappa shape index (κ2) is 8.78. The number of nitrogens with zero attached hydrogens (tertiary/aromatic N) is 1. The van der Waals surface area contributed by atoms with Crippen LogP contribution < -0.4 is 14.4 Å². The smallest absolute Gasteiger partial charge is 0.339 e. The van der Waals surface area contributed by atoms with Gasteiger partial charge in [-0.15, -0.1) is 0 Å². The van der Waals surface area contributed by atoms with Crippen molar-refractivity contribution in [1.29, 1.82) is 0 Å². The number of carboxylic acids is 1. The van der Waals surface area contributed by atoms with Crippen molar-refractivity contribution in [2.45, 2.75) is 32.1 Å². The second-order valence-electron chi connectivity index (χ2n) is 6.87. The minimum Gasteiger partial charge on any atom is -0.496 e. The van der Waals surface area contributed by atoms with Crippen molar-refractivity contribution < 1.29 is 24.2 Å². The second-order valence-corrected chi connectivity index (χ2v) is 6.87. The lowest BCUT2D eigenvalue weighted by molar-refractivity contribution is -0.117. The third kappa shape index (κ3) is 4.27. The van der Waals surface area contributed by atoms with Gasteiger partial charge >= 0.3 is 5.97 Å². The molecule has 1 heterocycles. The van der Waals surface area contributed by atoms with E-state index in [9.17, 15) is 14.7 Å². The number of anilines is 1. The molecule has 2 aromatic carbocycles. The van der Waals surface area contributed by atoms with E-state index in [0.717, 1.165) is 29.8 Å². The number of hydrogen-bond donors (Lipinski definition) is 1. The summed E-state index contributed by atoms with van der Waals surface area (Å²) in [6.07, 6.45) is 2.47. The van der Waals surface area contributed by atoms with E-state index < -0.39 is 5.97 Å². The summed E-state index contributed by atoms with van der Waals surface area (Å²) in [6.45, 7) is 3.35. The molecule has 0 bridgehead atoms. The molecule has 3 rings (SSSR count).